The molecular formula is C12H15N. The molecule has 68 valence electrons. The average Bonchev–Trinajstić information content (AvgIpc) is 2.43. The van der Waals surface area contributed by atoms with Crippen molar-refractivity contribution in [1.82, 2.24) is 4.98 Å². The van der Waals surface area contributed by atoms with Gasteiger partial charge < -0.3 is 4.98 Å². The van der Waals surface area contributed by atoms with E-state index in [2.05, 4.69) is 44.0 Å². The van der Waals surface area contributed by atoms with Gasteiger partial charge in [-0.2, -0.15) is 0 Å². The van der Waals surface area contributed by atoms with Gasteiger partial charge in [0.15, 0.2) is 0 Å². The molecule has 0 bridgehead atoms. The molecule has 0 saturated heterocycles. The average molecular weight is 173 g/mol. The fourth-order valence-electron chi connectivity index (χ4n) is 2.01. The van der Waals surface area contributed by atoms with Crippen LogP contribution in [0.15, 0.2) is 18.2 Å². The van der Waals surface area contributed by atoms with Gasteiger partial charge in [0.1, 0.15) is 0 Å². The van der Waals surface area contributed by atoms with E-state index in [4.69, 9.17) is 0 Å². The zero-order chi connectivity index (χ0) is 9.42. The van der Waals surface area contributed by atoms with Crippen LogP contribution < -0.4 is 0 Å². The van der Waals surface area contributed by atoms with E-state index in [9.17, 15) is 0 Å². The van der Waals surface area contributed by atoms with Crippen molar-refractivity contribution in [3.05, 3.63) is 35.0 Å². The van der Waals surface area contributed by atoms with Gasteiger partial charge in [0.25, 0.3) is 0 Å². The number of aromatic amines is 1. The van der Waals surface area contributed by atoms with Gasteiger partial charge in [-0.1, -0.05) is 25.1 Å². The molecule has 2 rings (SSSR count). The van der Waals surface area contributed by atoms with Crippen LogP contribution in [0.3, 0.4) is 0 Å². The fourth-order valence-corrected chi connectivity index (χ4v) is 2.01. The molecule has 2 aromatic rings. The molecule has 0 spiro atoms. The molecule has 0 saturated carbocycles. The molecule has 1 heterocycles. The lowest BCUT2D eigenvalue weighted by atomic mass is 10.1. The normalized spacial score (nSPS) is 11.0. The zero-order valence-electron chi connectivity index (χ0n) is 8.44. The number of fused-ring (bicyclic) bond motifs is 1. The number of nitrogens with one attached hydrogen (secondary N) is 1. The second-order valence-electron chi connectivity index (χ2n) is 3.58. The highest BCUT2D eigenvalue weighted by molar-refractivity contribution is 5.87. The quantitative estimate of drug-likeness (QED) is 0.680. The third kappa shape index (κ3) is 1.15. The minimum Gasteiger partial charge on any atom is -0.358 e. The van der Waals surface area contributed by atoms with Crippen LogP contribution in [0.5, 0.6) is 0 Å². The van der Waals surface area contributed by atoms with E-state index in [1.807, 2.05) is 0 Å². The molecule has 0 aliphatic carbocycles. The summed E-state index contributed by atoms with van der Waals surface area (Å²) in [5.41, 5.74) is 5.41. The van der Waals surface area contributed by atoms with E-state index in [-0.39, 0.29) is 0 Å². The Balaban J connectivity index is 2.86. The highest BCUT2D eigenvalue weighted by Gasteiger charge is 2.06. The summed E-state index contributed by atoms with van der Waals surface area (Å²) in [5.74, 6) is 0. The van der Waals surface area contributed by atoms with Gasteiger partial charge in [0, 0.05) is 16.6 Å². The lowest BCUT2D eigenvalue weighted by molar-refractivity contribution is 1.11. The molecule has 0 aliphatic rings. The number of para-hydroxylation sites is 1. The Bertz CT molecular complexity index is 438. The maximum Gasteiger partial charge on any atom is 0.0488 e. The summed E-state index contributed by atoms with van der Waals surface area (Å²) in [7, 11) is 0. The molecule has 0 unspecified atom stereocenters. The van der Waals surface area contributed by atoms with E-state index in [0.29, 0.717) is 0 Å². The molecular weight excluding hydrogens is 158 g/mol. The van der Waals surface area contributed by atoms with Gasteiger partial charge in [-0.25, -0.2) is 0 Å². The smallest absolute Gasteiger partial charge is 0.0488 e. The van der Waals surface area contributed by atoms with Crippen LogP contribution in [-0.2, 0) is 6.42 Å². The third-order valence-corrected chi connectivity index (χ3v) is 2.72. The molecule has 1 heteroatoms. The standard InChI is InChI=1S/C12H15N/c1-4-10-9(3)13-12-8(2)6-5-7-11(10)12/h5-7,13H,4H2,1-3H3. The van der Waals surface area contributed by atoms with Crippen LogP contribution in [0.4, 0.5) is 0 Å². The van der Waals surface area contributed by atoms with E-state index in [1.165, 1.54) is 27.7 Å². The molecule has 1 aromatic carbocycles. The van der Waals surface area contributed by atoms with Crippen LogP contribution >= 0.6 is 0 Å². The first-order valence-electron chi connectivity index (χ1n) is 4.80. The summed E-state index contributed by atoms with van der Waals surface area (Å²) in [6.45, 7) is 6.51. The summed E-state index contributed by atoms with van der Waals surface area (Å²) in [6, 6.07) is 6.48. The Labute approximate surface area is 78.8 Å². The van der Waals surface area contributed by atoms with Crippen LogP contribution in [0.25, 0.3) is 10.9 Å². The van der Waals surface area contributed by atoms with Crippen LogP contribution in [0, 0.1) is 13.8 Å². The maximum absolute atomic E-state index is 3.45. The van der Waals surface area contributed by atoms with Crippen molar-refractivity contribution in [1.29, 1.82) is 0 Å². The monoisotopic (exact) mass is 173 g/mol. The molecule has 0 radical (unpaired) electrons. The van der Waals surface area contributed by atoms with Crippen molar-refractivity contribution in [2.24, 2.45) is 0 Å². The minimum absolute atomic E-state index is 1.11. The minimum atomic E-state index is 1.11. The first-order valence-corrected chi connectivity index (χ1v) is 4.80. The van der Waals surface area contributed by atoms with Gasteiger partial charge in [-0.05, 0) is 31.4 Å². The van der Waals surface area contributed by atoms with E-state index < -0.39 is 0 Å². The van der Waals surface area contributed by atoms with Crippen molar-refractivity contribution in [3.63, 3.8) is 0 Å². The molecule has 1 nitrogen and oxygen atoms in total. The Hall–Kier alpha value is -1.24. The Morgan fingerprint density at radius 3 is 2.69 bits per heavy atom. The third-order valence-electron chi connectivity index (χ3n) is 2.72. The topological polar surface area (TPSA) is 15.8 Å². The number of hydrogen-bond acceptors (Lipinski definition) is 0. The first-order chi connectivity index (χ1) is 6.24. The molecule has 0 amide bonds. The van der Waals surface area contributed by atoms with Crippen LogP contribution in [0.1, 0.15) is 23.7 Å². The summed E-state index contributed by atoms with van der Waals surface area (Å²) >= 11 is 0. The van der Waals surface area contributed by atoms with Crippen molar-refractivity contribution < 1.29 is 0 Å². The number of aromatic nitrogens is 1. The number of aryl methyl sites for hydroxylation is 3. The summed E-state index contributed by atoms with van der Waals surface area (Å²) in [5, 5.41) is 1.39. The Kier molecular flexibility index (Phi) is 1.87. The summed E-state index contributed by atoms with van der Waals surface area (Å²) in [4.78, 5) is 3.45. The van der Waals surface area contributed by atoms with E-state index in [1.54, 1.807) is 0 Å². The van der Waals surface area contributed by atoms with E-state index >= 15 is 0 Å². The predicted molar refractivity (Wildman–Crippen MR) is 57.2 cm³/mol. The SMILES string of the molecule is CCc1c(C)[nH]c2c(C)cccc12. The molecule has 1 aromatic heterocycles. The van der Waals surface area contributed by atoms with Gasteiger partial charge in [-0.3, -0.25) is 0 Å². The molecule has 1 N–H and O–H groups in total. The molecule has 0 atom stereocenters. The molecule has 0 aliphatic heterocycles. The second kappa shape index (κ2) is 2.91. The maximum atomic E-state index is 3.45. The Morgan fingerprint density at radius 1 is 1.23 bits per heavy atom. The van der Waals surface area contributed by atoms with Gasteiger partial charge in [0.05, 0.1) is 0 Å². The van der Waals surface area contributed by atoms with Crippen molar-refractivity contribution in [3.8, 4) is 0 Å². The number of H-pyrrole nitrogens is 1. The molecule has 0 fully saturated rings. The van der Waals surface area contributed by atoms with Gasteiger partial charge in [-0.15, -0.1) is 0 Å². The summed E-state index contributed by atoms with van der Waals surface area (Å²) in [6.07, 6.45) is 1.11. The zero-order valence-corrected chi connectivity index (χ0v) is 8.44. The predicted octanol–water partition coefficient (Wildman–Crippen LogP) is 3.35. The summed E-state index contributed by atoms with van der Waals surface area (Å²) < 4.78 is 0. The lowest BCUT2D eigenvalue weighted by Crippen LogP contribution is -1.79. The highest BCUT2D eigenvalue weighted by atomic mass is 14.7. The lowest BCUT2D eigenvalue weighted by Gasteiger charge is -1.96. The number of rotatable bonds is 1. The van der Waals surface area contributed by atoms with Gasteiger partial charge in [0.2, 0.25) is 0 Å². The van der Waals surface area contributed by atoms with Crippen molar-refractivity contribution in [2.75, 3.05) is 0 Å². The van der Waals surface area contributed by atoms with Crippen LogP contribution in [-0.4, -0.2) is 4.98 Å². The van der Waals surface area contributed by atoms with Gasteiger partial charge >= 0.3 is 0 Å². The van der Waals surface area contributed by atoms with Crippen molar-refractivity contribution in [2.45, 2.75) is 27.2 Å². The Morgan fingerprint density at radius 2 is 2.00 bits per heavy atom. The highest BCUT2D eigenvalue weighted by Crippen LogP contribution is 2.24. The van der Waals surface area contributed by atoms with Crippen molar-refractivity contribution >= 4 is 10.9 Å². The first kappa shape index (κ1) is 8.36. The number of hydrogen-bond donors (Lipinski definition) is 1. The number of benzene rings is 1. The molecule has 13 heavy (non-hydrogen) atoms. The fraction of sp³-hybridized carbons (Fsp3) is 0.333. The van der Waals surface area contributed by atoms with Crippen LogP contribution in [0.2, 0.25) is 0 Å². The largest absolute Gasteiger partial charge is 0.358 e. The van der Waals surface area contributed by atoms with E-state index in [0.717, 1.165) is 6.42 Å². The second-order valence-corrected chi connectivity index (χ2v) is 3.58.